The van der Waals surface area contributed by atoms with Crippen molar-refractivity contribution < 1.29 is 2.85 Å². The van der Waals surface area contributed by atoms with Gasteiger partial charge in [-0.25, -0.2) is 0 Å². The van der Waals surface area contributed by atoms with E-state index in [0.29, 0.717) is 0 Å². The number of hydrogen-bond acceptors (Lipinski definition) is 0. The molecule has 100 valence electrons. The molecule has 0 nitrogen and oxygen atoms in total. The van der Waals surface area contributed by atoms with Gasteiger partial charge in [-0.1, -0.05) is 38.0 Å². The molecule has 2 aliphatic rings. The van der Waals surface area contributed by atoms with E-state index in [-0.39, 0.29) is 2.85 Å². The Labute approximate surface area is 110 Å². The fourth-order valence-electron chi connectivity index (χ4n) is 3.37. The van der Waals surface area contributed by atoms with Gasteiger partial charge in [-0.2, -0.15) is 0 Å². The molecule has 2 fully saturated rings. The van der Waals surface area contributed by atoms with Crippen LogP contribution < -0.4 is 0 Å². The highest BCUT2D eigenvalue weighted by atomic mass is 14.2. The fourth-order valence-corrected chi connectivity index (χ4v) is 3.37. The molecule has 0 heteroatoms. The first-order valence-corrected chi connectivity index (χ1v) is 7.58. The van der Waals surface area contributed by atoms with Gasteiger partial charge in [0.1, 0.15) is 0 Å². The van der Waals surface area contributed by atoms with E-state index < -0.39 is 0 Å². The van der Waals surface area contributed by atoms with Crippen LogP contribution >= 0.6 is 0 Å². The Morgan fingerprint density at radius 2 is 1.18 bits per heavy atom. The van der Waals surface area contributed by atoms with Crippen molar-refractivity contribution in [3.8, 4) is 0 Å². The summed E-state index contributed by atoms with van der Waals surface area (Å²) in [5, 5.41) is 0. The molecular formula is C17H32. The predicted octanol–water partition coefficient (Wildman–Crippen LogP) is 5.85. The molecule has 0 spiro atoms. The van der Waals surface area contributed by atoms with E-state index in [1.165, 1.54) is 51.4 Å². The molecule has 0 unspecified atom stereocenters. The van der Waals surface area contributed by atoms with Crippen LogP contribution in [0.5, 0.6) is 0 Å². The highest BCUT2D eigenvalue weighted by Gasteiger charge is 2.19. The van der Waals surface area contributed by atoms with Crippen LogP contribution in [0.15, 0.2) is 24.8 Å². The average Bonchev–Trinajstić information content (AvgIpc) is 2.39. The molecule has 0 bridgehead atoms. The van der Waals surface area contributed by atoms with Gasteiger partial charge in [0.25, 0.3) is 0 Å². The molecule has 0 aliphatic heterocycles. The van der Waals surface area contributed by atoms with Crippen LogP contribution in [0, 0.1) is 23.7 Å². The molecule has 0 heterocycles. The Kier molecular flexibility index (Phi) is 4.88. The quantitative estimate of drug-likeness (QED) is 0.539. The lowest BCUT2D eigenvalue weighted by Gasteiger charge is -2.26. The molecule has 0 aromatic rings. The Morgan fingerprint density at radius 3 is 1.65 bits per heavy atom. The van der Waals surface area contributed by atoms with Gasteiger partial charge in [0.05, 0.1) is 0 Å². The minimum Gasteiger partial charge on any atom is -0.103 e. The maximum atomic E-state index is 3.92. The number of hydrogen-bond donors (Lipinski definition) is 0. The molecule has 0 aromatic heterocycles. The first-order valence-electron chi connectivity index (χ1n) is 7.58. The van der Waals surface area contributed by atoms with Gasteiger partial charge in [0.2, 0.25) is 0 Å². The van der Waals surface area contributed by atoms with Crippen molar-refractivity contribution in [2.45, 2.75) is 58.3 Å². The van der Waals surface area contributed by atoms with E-state index in [1.54, 1.807) is 0 Å². The Morgan fingerprint density at radius 1 is 0.765 bits per heavy atom. The molecule has 2 rings (SSSR count). The minimum atomic E-state index is 0. The van der Waals surface area contributed by atoms with Crippen LogP contribution in [0.2, 0.25) is 0 Å². The molecule has 2 saturated carbocycles. The third-order valence-corrected chi connectivity index (χ3v) is 4.87. The van der Waals surface area contributed by atoms with Crippen LogP contribution in [-0.2, 0) is 0 Å². The molecule has 0 radical (unpaired) electrons. The van der Waals surface area contributed by atoms with E-state index in [0.717, 1.165) is 23.7 Å². The standard InChI is InChI=1S/C17H28.2H2/c1-3-15-8-10-17(11-9-15)13-12-16-6-4-14(2)5-7-16;;/h3,12-17H,1,4-11H2,2H3;2*1H/b13-12+;;. The molecule has 0 atom stereocenters. The van der Waals surface area contributed by atoms with Gasteiger partial charge in [0.15, 0.2) is 0 Å². The highest BCUT2D eigenvalue weighted by molar-refractivity contribution is 4.97. The number of rotatable bonds is 3. The summed E-state index contributed by atoms with van der Waals surface area (Å²) in [5.74, 6) is 3.53. The van der Waals surface area contributed by atoms with E-state index in [2.05, 4.69) is 31.7 Å². The second-order valence-corrected chi connectivity index (χ2v) is 6.32. The minimum absolute atomic E-state index is 0. The van der Waals surface area contributed by atoms with Crippen LogP contribution in [-0.4, -0.2) is 0 Å². The summed E-state index contributed by atoms with van der Waals surface area (Å²) in [6.07, 6.45) is 18.5. The topological polar surface area (TPSA) is 0 Å². The van der Waals surface area contributed by atoms with Crippen molar-refractivity contribution >= 4 is 0 Å². The van der Waals surface area contributed by atoms with Crippen LogP contribution in [0.1, 0.15) is 61.1 Å². The van der Waals surface area contributed by atoms with Crippen LogP contribution in [0.25, 0.3) is 0 Å². The lowest BCUT2D eigenvalue weighted by atomic mass is 9.79. The third-order valence-electron chi connectivity index (χ3n) is 4.87. The molecular weight excluding hydrogens is 204 g/mol. The van der Waals surface area contributed by atoms with Crippen molar-refractivity contribution in [3.63, 3.8) is 0 Å². The summed E-state index contributed by atoms with van der Waals surface area (Å²) in [6, 6.07) is 0. The zero-order chi connectivity index (χ0) is 12.1. The summed E-state index contributed by atoms with van der Waals surface area (Å²) in [7, 11) is 0. The van der Waals surface area contributed by atoms with Gasteiger partial charge >= 0.3 is 0 Å². The zero-order valence-electron chi connectivity index (χ0n) is 11.4. The van der Waals surface area contributed by atoms with E-state index in [1.807, 2.05) is 0 Å². The van der Waals surface area contributed by atoms with Crippen molar-refractivity contribution in [1.82, 2.24) is 0 Å². The van der Waals surface area contributed by atoms with Gasteiger partial charge in [-0.15, -0.1) is 6.58 Å². The molecule has 0 amide bonds. The summed E-state index contributed by atoms with van der Waals surface area (Å²) in [6.45, 7) is 6.32. The van der Waals surface area contributed by atoms with Gasteiger partial charge in [0, 0.05) is 2.85 Å². The summed E-state index contributed by atoms with van der Waals surface area (Å²) in [4.78, 5) is 0. The van der Waals surface area contributed by atoms with Crippen LogP contribution in [0.4, 0.5) is 0 Å². The lowest BCUT2D eigenvalue weighted by Crippen LogP contribution is -2.13. The largest absolute Gasteiger partial charge is 0.103 e. The van der Waals surface area contributed by atoms with Crippen molar-refractivity contribution in [2.24, 2.45) is 23.7 Å². The second-order valence-electron chi connectivity index (χ2n) is 6.32. The predicted molar refractivity (Wildman–Crippen MR) is 80.1 cm³/mol. The molecule has 2 aliphatic carbocycles. The smallest absolute Gasteiger partial charge is 0 e. The first kappa shape index (κ1) is 12.9. The highest BCUT2D eigenvalue weighted by Crippen LogP contribution is 2.32. The maximum absolute atomic E-state index is 3.92. The molecule has 0 N–H and O–H groups in total. The SMILES string of the molecule is C=CC1CCC(/C=C/C2CCC(C)CC2)CC1.[HH].[HH]. The maximum Gasteiger partial charge on any atom is 0 e. The first-order chi connectivity index (χ1) is 8.28. The third kappa shape index (κ3) is 4.01. The summed E-state index contributed by atoms with van der Waals surface area (Å²) >= 11 is 0. The summed E-state index contributed by atoms with van der Waals surface area (Å²) < 4.78 is 0. The molecule has 17 heavy (non-hydrogen) atoms. The van der Waals surface area contributed by atoms with E-state index in [4.69, 9.17) is 0 Å². The lowest BCUT2D eigenvalue weighted by molar-refractivity contribution is 0.325. The Hall–Kier alpha value is -0.520. The monoisotopic (exact) mass is 236 g/mol. The van der Waals surface area contributed by atoms with Crippen molar-refractivity contribution in [1.29, 1.82) is 0 Å². The Bertz CT molecular complexity index is 256. The van der Waals surface area contributed by atoms with Gasteiger partial charge in [-0.3, -0.25) is 0 Å². The van der Waals surface area contributed by atoms with Crippen molar-refractivity contribution in [2.75, 3.05) is 0 Å². The molecule has 0 aromatic carbocycles. The summed E-state index contributed by atoms with van der Waals surface area (Å²) in [5.41, 5.74) is 0. The normalized spacial score (nSPS) is 39.4. The molecule has 0 saturated heterocycles. The second kappa shape index (κ2) is 6.42. The number of allylic oxidation sites excluding steroid dienone is 3. The Balaban J connectivity index is 0.00000162. The fraction of sp³-hybridized carbons (Fsp3) is 0.765. The van der Waals surface area contributed by atoms with E-state index in [9.17, 15) is 0 Å². The van der Waals surface area contributed by atoms with Crippen molar-refractivity contribution in [3.05, 3.63) is 24.8 Å². The zero-order valence-corrected chi connectivity index (χ0v) is 11.4. The van der Waals surface area contributed by atoms with E-state index >= 15 is 0 Å². The van der Waals surface area contributed by atoms with Crippen LogP contribution in [0.3, 0.4) is 0 Å². The average molecular weight is 236 g/mol. The van der Waals surface area contributed by atoms with Gasteiger partial charge < -0.3 is 0 Å². The van der Waals surface area contributed by atoms with Gasteiger partial charge in [-0.05, 0) is 62.2 Å².